The average molecular weight is 342 g/mol. The SMILES string of the molecule is Cc1ncc(CN2CCN(c3ccc(C(F)(F)F)cn3)CC2)s1. The van der Waals surface area contributed by atoms with E-state index >= 15 is 0 Å². The first kappa shape index (κ1) is 16.2. The number of aromatic nitrogens is 2. The molecule has 0 spiro atoms. The highest BCUT2D eigenvalue weighted by Gasteiger charge is 2.31. The maximum atomic E-state index is 12.6. The van der Waals surface area contributed by atoms with E-state index in [1.54, 1.807) is 11.3 Å². The molecule has 1 fully saturated rings. The minimum absolute atomic E-state index is 0.603. The molecule has 0 bridgehead atoms. The number of aryl methyl sites for hydroxylation is 1. The molecule has 0 unspecified atom stereocenters. The molecule has 0 atom stereocenters. The fraction of sp³-hybridized carbons (Fsp3) is 0.467. The zero-order valence-corrected chi connectivity index (χ0v) is 13.5. The Kier molecular flexibility index (Phi) is 4.54. The summed E-state index contributed by atoms with van der Waals surface area (Å²) in [4.78, 5) is 13.8. The molecule has 0 saturated carbocycles. The Labute approximate surface area is 136 Å². The van der Waals surface area contributed by atoms with E-state index < -0.39 is 11.7 Å². The van der Waals surface area contributed by atoms with E-state index in [9.17, 15) is 13.2 Å². The lowest BCUT2D eigenvalue weighted by Crippen LogP contribution is -2.46. The van der Waals surface area contributed by atoms with Gasteiger partial charge in [-0.2, -0.15) is 13.2 Å². The van der Waals surface area contributed by atoms with Gasteiger partial charge in [0.2, 0.25) is 0 Å². The van der Waals surface area contributed by atoms with E-state index in [2.05, 4.69) is 14.9 Å². The summed E-state index contributed by atoms with van der Waals surface area (Å²) in [6.45, 7) is 6.10. The van der Waals surface area contributed by atoms with Crippen molar-refractivity contribution in [3.05, 3.63) is 40.0 Å². The van der Waals surface area contributed by atoms with Crippen LogP contribution >= 0.6 is 11.3 Å². The molecule has 124 valence electrons. The monoisotopic (exact) mass is 342 g/mol. The lowest BCUT2D eigenvalue weighted by Gasteiger charge is -2.35. The molecule has 2 aromatic rings. The Morgan fingerprint density at radius 2 is 1.83 bits per heavy atom. The molecule has 1 aliphatic heterocycles. The van der Waals surface area contributed by atoms with Crippen molar-refractivity contribution >= 4 is 17.2 Å². The van der Waals surface area contributed by atoms with Crippen molar-refractivity contribution in [2.75, 3.05) is 31.1 Å². The van der Waals surface area contributed by atoms with Crippen LogP contribution in [0.5, 0.6) is 0 Å². The Bertz CT molecular complexity index is 645. The lowest BCUT2D eigenvalue weighted by molar-refractivity contribution is -0.137. The highest BCUT2D eigenvalue weighted by atomic mass is 32.1. The Morgan fingerprint density at radius 3 is 2.35 bits per heavy atom. The van der Waals surface area contributed by atoms with Gasteiger partial charge in [-0.05, 0) is 19.1 Å². The summed E-state index contributed by atoms with van der Waals surface area (Å²) in [5.74, 6) is 0.603. The summed E-state index contributed by atoms with van der Waals surface area (Å²) in [5, 5.41) is 1.06. The van der Waals surface area contributed by atoms with Gasteiger partial charge in [0.25, 0.3) is 0 Å². The molecule has 3 rings (SSSR count). The van der Waals surface area contributed by atoms with Crippen LogP contribution in [0, 0.1) is 6.92 Å². The van der Waals surface area contributed by atoms with E-state index in [1.807, 2.05) is 18.0 Å². The molecule has 0 aliphatic carbocycles. The highest BCUT2D eigenvalue weighted by molar-refractivity contribution is 7.11. The van der Waals surface area contributed by atoms with Crippen molar-refractivity contribution in [3.8, 4) is 0 Å². The fourth-order valence-corrected chi connectivity index (χ4v) is 3.41. The smallest absolute Gasteiger partial charge is 0.354 e. The van der Waals surface area contributed by atoms with Crippen LogP contribution in [0.1, 0.15) is 15.4 Å². The average Bonchev–Trinajstić information content (AvgIpc) is 2.92. The number of halogens is 3. The molecule has 4 nitrogen and oxygen atoms in total. The van der Waals surface area contributed by atoms with Crippen molar-refractivity contribution in [3.63, 3.8) is 0 Å². The van der Waals surface area contributed by atoms with Crippen molar-refractivity contribution in [2.24, 2.45) is 0 Å². The molecule has 0 N–H and O–H groups in total. The summed E-state index contributed by atoms with van der Waals surface area (Å²) in [7, 11) is 0. The molecular formula is C15H17F3N4S. The van der Waals surface area contributed by atoms with Crippen molar-refractivity contribution in [2.45, 2.75) is 19.6 Å². The van der Waals surface area contributed by atoms with Gasteiger partial charge in [0.15, 0.2) is 0 Å². The molecular weight excluding hydrogens is 325 g/mol. The van der Waals surface area contributed by atoms with Gasteiger partial charge in [-0.1, -0.05) is 0 Å². The normalized spacial score (nSPS) is 16.8. The minimum atomic E-state index is -4.34. The predicted molar refractivity (Wildman–Crippen MR) is 83.6 cm³/mol. The first-order chi connectivity index (χ1) is 10.9. The van der Waals surface area contributed by atoms with Crippen LogP contribution in [0.15, 0.2) is 24.5 Å². The van der Waals surface area contributed by atoms with E-state index in [-0.39, 0.29) is 0 Å². The van der Waals surface area contributed by atoms with Gasteiger partial charge in [-0.15, -0.1) is 11.3 Å². The fourth-order valence-electron chi connectivity index (χ4n) is 2.57. The third kappa shape index (κ3) is 4.00. The second kappa shape index (κ2) is 6.45. The van der Waals surface area contributed by atoms with Gasteiger partial charge in [-0.25, -0.2) is 9.97 Å². The van der Waals surface area contributed by atoms with E-state index in [0.29, 0.717) is 5.82 Å². The van der Waals surface area contributed by atoms with Crippen LogP contribution in [0.25, 0.3) is 0 Å². The zero-order valence-electron chi connectivity index (χ0n) is 12.7. The number of hydrogen-bond acceptors (Lipinski definition) is 5. The molecule has 2 aromatic heterocycles. The largest absolute Gasteiger partial charge is 0.417 e. The predicted octanol–water partition coefficient (Wildman–Crippen LogP) is 3.19. The van der Waals surface area contributed by atoms with E-state index in [4.69, 9.17) is 0 Å². The van der Waals surface area contributed by atoms with Gasteiger partial charge in [-0.3, -0.25) is 4.90 Å². The Morgan fingerprint density at radius 1 is 1.09 bits per heavy atom. The summed E-state index contributed by atoms with van der Waals surface area (Å²) in [6.07, 6.45) is -1.53. The summed E-state index contributed by atoms with van der Waals surface area (Å²) in [6, 6.07) is 2.54. The molecule has 0 radical (unpaired) electrons. The standard InChI is InChI=1S/C15H17F3N4S/c1-11-19-9-13(23-11)10-21-4-6-22(7-5-21)14-3-2-12(8-20-14)15(16,17)18/h2-3,8-9H,4-7,10H2,1H3. The van der Waals surface area contributed by atoms with Crippen molar-refractivity contribution < 1.29 is 13.2 Å². The number of piperazine rings is 1. The first-order valence-electron chi connectivity index (χ1n) is 7.34. The molecule has 1 saturated heterocycles. The zero-order chi connectivity index (χ0) is 16.4. The summed E-state index contributed by atoms with van der Waals surface area (Å²) >= 11 is 1.70. The minimum Gasteiger partial charge on any atom is -0.354 e. The van der Waals surface area contributed by atoms with Crippen molar-refractivity contribution in [1.82, 2.24) is 14.9 Å². The van der Waals surface area contributed by atoms with Crippen LogP contribution < -0.4 is 4.90 Å². The summed E-state index contributed by atoms with van der Waals surface area (Å²) < 4.78 is 37.7. The van der Waals surface area contributed by atoms with Crippen LogP contribution in [0.4, 0.5) is 19.0 Å². The number of alkyl halides is 3. The molecule has 3 heterocycles. The first-order valence-corrected chi connectivity index (χ1v) is 8.15. The topological polar surface area (TPSA) is 32.3 Å². The molecule has 23 heavy (non-hydrogen) atoms. The Hall–Kier alpha value is -1.67. The van der Waals surface area contributed by atoms with Crippen LogP contribution in [0.2, 0.25) is 0 Å². The van der Waals surface area contributed by atoms with E-state index in [1.165, 1.54) is 10.9 Å². The number of nitrogens with zero attached hydrogens (tertiary/aromatic N) is 4. The molecule has 8 heteroatoms. The molecule has 0 aromatic carbocycles. The number of hydrogen-bond donors (Lipinski definition) is 0. The second-order valence-corrected chi connectivity index (χ2v) is 6.83. The van der Waals surface area contributed by atoms with Gasteiger partial charge in [0.1, 0.15) is 5.82 Å². The van der Waals surface area contributed by atoms with Gasteiger partial charge < -0.3 is 4.90 Å². The van der Waals surface area contributed by atoms with Gasteiger partial charge >= 0.3 is 6.18 Å². The van der Waals surface area contributed by atoms with Crippen LogP contribution in [-0.2, 0) is 12.7 Å². The maximum absolute atomic E-state index is 12.6. The maximum Gasteiger partial charge on any atom is 0.417 e. The molecule has 0 amide bonds. The number of thiazole rings is 1. The Balaban J connectivity index is 1.56. The number of rotatable bonds is 3. The quantitative estimate of drug-likeness (QED) is 0.858. The highest BCUT2D eigenvalue weighted by Crippen LogP contribution is 2.29. The van der Waals surface area contributed by atoms with Gasteiger partial charge in [0.05, 0.1) is 10.6 Å². The number of pyridine rings is 1. The number of anilines is 1. The summed E-state index contributed by atoms with van der Waals surface area (Å²) in [5.41, 5.74) is -0.708. The van der Waals surface area contributed by atoms with E-state index in [0.717, 1.165) is 50.0 Å². The third-order valence-corrected chi connectivity index (χ3v) is 4.72. The second-order valence-electron chi connectivity index (χ2n) is 5.51. The third-order valence-electron chi connectivity index (χ3n) is 3.82. The van der Waals surface area contributed by atoms with Crippen LogP contribution in [-0.4, -0.2) is 41.0 Å². The van der Waals surface area contributed by atoms with Crippen molar-refractivity contribution in [1.29, 1.82) is 0 Å². The lowest BCUT2D eigenvalue weighted by atomic mass is 10.2. The van der Waals surface area contributed by atoms with Crippen LogP contribution in [0.3, 0.4) is 0 Å². The van der Waals surface area contributed by atoms with Gasteiger partial charge in [0, 0.05) is 50.0 Å². The molecule has 1 aliphatic rings.